The van der Waals surface area contributed by atoms with Crippen LogP contribution in [0.4, 0.5) is 22.0 Å². The molecule has 0 fully saturated rings. The quantitative estimate of drug-likeness (QED) is 0.315. The molecule has 2 rings (SSSR count). The van der Waals surface area contributed by atoms with Crippen LogP contribution in [0.25, 0.3) is 0 Å². The maximum absolute atomic E-state index is 11.5. The van der Waals surface area contributed by atoms with E-state index in [1.165, 1.54) is 6.20 Å². The molecule has 0 aromatic carbocycles. The van der Waals surface area contributed by atoms with Gasteiger partial charge in [0, 0.05) is 19.3 Å². The van der Waals surface area contributed by atoms with Crippen LogP contribution < -0.4 is 10.6 Å². The molecule has 0 aliphatic rings. The van der Waals surface area contributed by atoms with Crippen LogP contribution in [0.1, 0.15) is 27.2 Å². The number of anilines is 2. The van der Waals surface area contributed by atoms with Gasteiger partial charge in [-0.05, 0) is 38.8 Å². The summed E-state index contributed by atoms with van der Waals surface area (Å²) in [5, 5.41) is 20.5. The van der Waals surface area contributed by atoms with Crippen LogP contribution in [0, 0.1) is 10.1 Å². The summed E-state index contributed by atoms with van der Waals surface area (Å²) in [6.07, 6.45) is 4.34. The normalized spacial score (nSPS) is 11.1. The van der Waals surface area contributed by atoms with Crippen LogP contribution in [-0.2, 0) is 11.3 Å². The van der Waals surface area contributed by atoms with E-state index in [4.69, 9.17) is 16.3 Å². The Hall–Kier alpha value is -2.95. The monoisotopic (exact) mass is 397 g/mol. The van der Waals surface area contributed by atoms with Crippen molar-refractivity contribution in [1.82, 2.24) is 25.1 Å². The van der Waals surface area contributed by atoms with Crippen LogP contribution in [-0.4, -0.2) is 42.9 Å². The molecule has 11 nitrogen and oxygen atoms in total. The largest absolute Gasteiger partial charge is 0.444 e. The number of hydrogen-bond donors (Lipinski definition) is 2. The van der Waals surface area contributed by atoms with Crippen LogP contribution >= 0.6 is 11.6 Å². The van der Waals surface area contributed by atoms with E-state index in [0.29, 0.717) is 25.2 Å². The smallest absolute Gasteiger partial charge is 0.407 e. The second kappa shape index (κ2) is 8.62. The summed E-state index contributed by atoms with van der Waals surface area (Å²) >= 11 is 5.69. The molecule has 0 saturated heterocycles. The van der Waals surface area contributed by atoms with E-state index in [1.54, 1.807) is 31.6 Å². The molecule has 0 spiro atoms. The van der Waals surface area contributed by atoms with Crippen molar-refractivity contribution >= 4 is 34.9 Å². The highest BCUT2D eigenvalue weighted by molar-refractivity contribution is 6.28. The summed E-state index contributed by atoms with van der Waals surface area (Å²) < 4.78 is 6.77. The van der Waals surface area contributed by atoms with Gasteiger partial charge in [0.1, 0.15) is 11.8 Å². The van der Waals surface area contributed by atoms with Gasteiger partial charge in [-0.2, -0.15) is 10.1 Å². The molecule has 146 valence electrons. The lowest BCUT2D eigenvalue weighted by Gasteiger charge is -2.19. The SMILES string of the molecule is CC(C)(C)OC(=O)NCCCn1cc(Nc2nc(Cl)ncc2[N+](=O)[O-])cn1. The summed E-state index contributed by atoms with van der Waals surface area (Å²) in [5.74, 6) is -0.0221. The number of nitro groups is 1. The lowest BCUT2D eigenvalue weighted by molar-refractivity contribution is -0.384. The first-order chi connectivity index (χ1) is 12.6. The van der Waals surface area contributed by atoms with Crippen molar-refractivity contribution in [1.29, 1.82) is 0 Å². The third kappa shape index (κ3) is 6.70. The Morgan fingerprint density at radius 3 is 2.81 bits per heavy atom. The Bertz CT molecular complexity index is 819. The van der Waals surface area contributed by atoms with E-state index in [9.17, 15) is 14.9 Å². The Labute approximate surface area is 160 Å². The third-order valence-electron chi connectivity index (χ3n) is 3.06. The van der Waals surface area contributed by atoms with Crippen molar-refractivity contribution in [2.75, 3.05) is 11.9 Å². The molecule has 0 atom stereocenters. The van der Waals surface area contributed by atoms with Gasteiger partial charge >= 0.3 is 11.8 Å². The Morgan fingerprint density at radius 1 is 1.41 bits per heavy atom. The molecule has 1 amide bonds. The van der Waals surface area contributed by atoms with Crippen LogP contribution in [0.5, 0.6) is 0 Å². The minimum absolute atomic E-state index is 0.0221. The summed E-state index contributed by atoms with van der Waals surface area (Å²) in [6, 6.07) is 0. The molecular weight excluding hydrogens is 378 g/mol. The number of aromatic nitrogens is 4. The molecule has 2 aromatic heterocycles. The van der Waals surface area contributed by atoms with Gasteiger partial charge in [0.2, 0.25) is 11.1 Å². The number of alkyl carbamates (subject to hydrolysis) is 1. The third-order valence-corrected chi connectivity index (χ3v) is 3.25. The average molecular weight is 398 g/mol. The number of carbonyl (C=O) groups excluding carboxylic acids is 1. The molecule has 0 aliphatic heterocycles. The predicted octanol–water partition coefficient (Wildman–Crippen LogP) is 2.89. The van der Waals surface area contributed by atoms with Crippen LogP contribution in [0.2, 0.25) is 5.28 Å². The van der Waals surface area contributed by atoms with Crippen molar-refractivity contribution in [2.24, 2.45) is 0 Å². The number of nitrogens with one attached hydrogen (secondary N) is 2. The van der Waals surface area contributed by atoms with Crippen molar-refractivity contribution in [3.05, 3.63) is 34.0 Å². The number of amides is 1. The molecule has 0 bridgehead atoms. The van der Waals surface area contributed by atoms with Gasteiger partial charge in [0.25, 0.3) is 0 Å². The van der Waals surface area contributed by atoms with Crippen LogP contribution in [0.3, 0.4) is 0 Å². The van der Waals surface area contributed by atoms with Crippen LogP contribution in [0.15, 0.2) is 18.6 Å². The Kier molecular flexibility index (Phi) is 6.50. The number of nitrogens with zero attached hydrogens (tertiary/aromatic N) is 5. The number of aryl methyl sites for hydroxylation is 1. The number of rotatable bonds is 7. The second-order valence-electron chi connectivity index (χ2n) is 6.53. The van der Waals surface area contributed by atoms with Gasteiger partial charge in [0.05, 0.1) is 16.8 Å². The van der Waals surface area contributed by atoms with Gasteiger partial charge in [-0.1, -0.05) is 0 Å². The molecular formula is C15H20ClN7O4. The van der Waals surface area contributed by atoms with E-state index in [1.807, 2.05) is 0 Å². The molecule has 0 saturated carbocycles. The Morgan fingerprint density at radius 2 is 2.15 bits per heavy atom. The average Bonchev–Trinajstić information content (AvgIpc) is 2.97. The number of hydrogen-bond acceptors (Lipinski definition) is 8. The first kappa shape index (κ1) is 20.4. The van der Waals surface area contributed by atoms with Crippen molar-refractivity contribution < 1.29 is 14.5 Å². The van der Waals surface area contributed by atoms with Gasteiger partial charge in [-0.3, -0.25) is 14.8 Å². The van der Waals surface area contributed by atoms with E-state index in [0.717, 1.165) is 6.20 Å². The zero-order valence-corrected chi connectivity index (χ0v) is 15.9. The number of halogens is 1. The van der Waals surface area contributed by atoms with Gasteiger partial charge < -0.3 is 15.4 Å². The van der Waals surface area contributed by atoms with Gasteiger partial charge in [-0.15, -0.1) is 0 Å². The first-order valence-corrected chi connectivity index (χ1v) is 8.45. The zero-order valence-electron chi connectivity index (χ0n) is 15.1. The maximum Gasteiger partial charge on any atom is 0.407 e. The molecule has 12 heteroatoms. The summed E-state index contributed by atoms with van der Waals surface area (Å²) in [4.78, 5) is 29.4. The van der Waals surface area contributed by atoms with E-state index in [-0.39, 0.29) is 16.8 Å². The molecule has 0 aliphatic carbocycles. The topological polar surface area (TPSA) is 137 Å². The summed E-state index contributed by atoms with van der Waals surface area (Å²) in [7, 11) is 0. The van der Waals surface area contributed by atoms with Crippen molar-refractivity contribution in [2.45, 2.75) is 39.3 Å². The molecule has 2 aromatic rings. The lowest BCUT2D eigenvalue weighted by Crippen LogP contribution is -2.33. The standard InChI is InChI=1S/C15H20ClN7O4/c1-15(2,3)27-14(24)17-5-4-6-22-9-10(7-19-22)20-12-11(23(25)26)8-18-13(16)21-12/h7-9H,4-6H2,1-3H3,(H,17,24)(H,18,20,21). The summed E-state index contributed by atoms with van der Waals surface area (Å²) in [5.41, 5.74) is -0.333. The zero-order chi connectivity index (χ0) is 20.0. The maximum atomic E-state index is 11.5. The summed E-state index contributed by atoms with van der Waals surface area (Å²) in [6.45, 7) is 6.33. The highest BCUT2D eigenvalue weighted by Gasteiger charge is 2.18. The highest BCUT2D eigenvalue weighted by Crippen LogP contribution is 2.25. The fourth-order valence-electron chi connectivity index (χ4n) is 2.01. The number of ether oxygens (including phenoxy) is 1. The number of carbonyl (C=O) groups is 1. The molecule has 2 heterocycles. The minimum atomic E-state index is -0.606. The van der Waals surface area contributed by atoms with E-state index < -0.39 is 16.6 Å². The van der Waals surface area contributed by atoms with Crippen molar-refractivity contribution in [3.63, 3.8) is 0 Å². The highest BCUT2D eigenvalue weighted by atomic mass is 35.5. The van der Waals surface area contributed by atoms with E-state index in [2.05, 4.69) is 25.7 Å². The van der Waals surface area contributed by atoms with Gasteiger partial charge in [0.15, 0.2) is 0 Å². The minimum Gasteiger partial charge on any atom is -0.444 e. The molecule has 27 heavy (non-hydrogen) atoms. The van der Waals surface area contributed by atoms with Gasteiger partial charge in [-0.25, -0.2) is 9.78 Å². The molecule has 2 N–H and O–H groups in total. The molecule has 0 radical (unpaired) electrons. The predicted molar refractivity (Wildman–Crippen MR) is 98.1 cm³/mol. The second-order valence-corrected chi connectivity index (χ2v) is 6.87. The fourth-order valence-corrected chi connectivity index (χ4v) is 2.15. The lowest BCUT2D eigenvalue weighted by atomic mass is 10.2. The Balaban J connectivity index is 1.86. The molecule has 0 unspecified atom stereocenters. The van der Waals surface area contributed by atoms with E-state index >= 15 is 0 Å². The van der Waals surface area contributed by atoms with Crippen molar-refractivity contribution in [3.8, 4) is 0 Å². The first-order valence-electron chi connectivity index (χ1n) is 8.07. The fraction of sp³-hybridized carbons (Fsp3) is 0.467.